The van der Waals surface area contributed by atoms with Crippen molar-refractivity contribution in [1.82, 2.24) is 8.61 Å². The predicted molar refractivity (Wildman–Crippen MR) is 63.0 cm³/mol. The zero-order valence-electron chi connectivity index (χ0n) is 8.48. The van der Waals surface area contributed by atoms with Crippen LogP contribution in [0.4, 0.5) is 0 Å². The van der Waals surface area contributed by atoms with Gasteiger partial charge in [-0.3, -0.25) is 0 Å². The van der Waals surface area contributed by atoms with E-state index in [2.05, 4.69) is 8.61 Å². The Balaban J connectivity index is 1.60. The van der Waals surface area contributed by atoms with Crippen LogP contribution in [0.2, 0.25) is 0 Å². The molecule has 0 atom stereocenters. The van der Waals surface area contributed by atoms with Gasteiger partial charge in [0.1, 0.15) is 0 Å². The number of piperidine rings is 1. The Morgan fingerprint density at radius 3 is 1.93 bits per heavy atom. The van der Waals surface area contributed by atoms with Crippen LogP contribution in [0, 0.1) is 0 Å². The molecular formula is C9H18N2OS2. The van der Waals surface area contributed by atoms with Crippen LogP contribution in [0.5, 0.6) is 0 Å². The zero-order valence-corrected chi connectivity index (χ0v) is 10.1. The van der Waals surface area contributed by atoms with E-state index in [4.69, 9.17) is 4.74 Å². The fraction of sp³-hybridized carbons (Fsp3) is 1.00. The molecule has 2 saturated heterocycles. The van der Waals surface area contributed by atoms with E-state index in [0.29, 0.717) is 0 Å². The van der Waals surface area contributed by atoms with Gasteiger partial charge in [0.05, 0.1) is 13.2 Å². The number of nitrogens with zero attached hydrogens (tertiary/aromatic N) is 2. The minimum Gasteiger partial charge on any atom is -0.379 e. The van der Waals surface area contributed by atoms with Crippen LogP contribution < -0.4 is 0 Å². The van der Waals surface area contributed by atoms with Crippen LogP contribution in [0.1, 0.15) is 19.3 Å². The third-order valence-electron chi connectivity index (χ3n) is 2.53. The molecule has 0 spiro atoms. The first kappa shape index (κ1) is 11.1. The summed E-state index contributed by atoms with van der Waals surface area (Å²) < 4.78 is 10.2. The van der Waals surface area contributed by atoms with Gasteiger partial charge < -0.3 is 4.74 Å². The van der Waals surface area contributed by atoms with Crippen molar-refractivity contribution in [1.29, 1.82) is 0 Å². The third-order valence-corrected chi connectivity index (χ3v) is 5.21. The Bertz CT molecular complexity index is 141. The minimum atomic E-state index is 0.896. The maximum atomic E-state index is 5.31. The maximum Gasteiger partial charge on any atom is 0.0603 e. The van der Waals surface area contributed by atoms with E-state index in [0.717, 1.165) is 26.3 Å². The number of morpholine rings is 1. The van der Waals surface area contributed by atoms with Crippen LogP contribution in [-0.4, -0.2) is 48.0 Å². The fourth-order valence-corrected chi connectivity index (χ4v) is 4.01. The molecule has 2 aliphatic rings. The van der Waals surface area contributed by atoms with Crippen molar-refractivity contribution in [2.75, 3.05) is 39.4 Å². The van der Waals surface area contributed by atoms with E-state index in [-0.39, 0.29) is 0 Å². The van der Waals surface area contributed by atoms with Gasteiger partial charge in [-0.15, -0.1) is 0 Å². The molecular weight excluding hydrogens is 216 g/mol. The van der Waals surface area contributed by atoms with Gasteiger partial charge in [-0.1, -0.05) is 6.42 Å². The number of hydrogen-bond acceptors (Lipinski definition) is 5. The van der Waals surface area contributed by atoms with E-state index in [1.54, 1.807) is 0 Å². The molecule has 14 heavy (non-hydrogen) atoms. The zero-order chi connectivity index (χ0) is 9.64. The highest BCUT2D eigenvalue weighted by Gasteiger charge is 2.15. The predicted octanol–water partition coefficient (Wildman–Crippen LogP) is 2.02. The highest BCUT2D eigenvalue weighted by molar-refractivity contribution is 8.74. The number of hydrogen-bond donors (Lipinski definition) is 0. The lowest BCUT2D eigenvalue weighted by atomic mass is 10.2. The van der Waals surface area contributed by atoms with E-state index in [1.807, 2.05) is 22.0 Å². The van der Waals surface area contributed by atoms with Crippen molar-refractivity contribution >= 4 is 22.0 Å². The SMILES string of the molecule is C1CCN(SSN2CCOCC2)CC1. The lowest BCUT2D eigenvalue weighted by Gasteiger charge is -2.29. The van der Waals surface area contributed by atoms with Crippen LogP contribution in [0.3, 0.4) is 0 Å². The van der Waals surface area contributed by atoms with Gasteiger partial charge in [0.15, 0.2) is 0 Å². The van der Waals surface area contributed by atoms with Gasteiger partial charge in [-0.05, 0) is 12.8 Å². The highest BCUT2D eigenvalue weighted by atomic mass is 33.1. The van der Waals surface area contributed by atoms with Crippen LogP contribution in [-0.2, 0) is 4.74 Å². The van der Waals surface area contributed by atoms with Gasteiger partial charge >= 0.3 is 0 Å². The average molecular weight is 234 g/mol. The molecule has 0 aromatic heterocycles. The largest absolute Gasteiger partial charge is 0.379 e. The summed E-state index contributed by atoms with van der Waals surface area (Å²) in [6.07, 6.45) is 4.16. The standard InChI is InChI=1S/C9H18N2OS2/c1-2-4-10(5-3-1)13-14-11-6-8-12-9-7-11/h1-9H2. The molecule has 0 aromatic rings. The Hall–Kier alpha value is 0.580. The van der Waals surface area contributed by atoms with Crippen molar-refractivity contribution in [2.45, 2.75) is 19.3 Å². The first-order valence-electron chi connectivity index (χ1n) is 5.37. The molecule has 2 rings (SSSR count). The van der Waals surface area contributed by atoms with Crippen LogP contribution in [0.15, 0.2) is 0 Å². The summed E-state index contributed by atoms with van der Waals surface area (Å²) in [7, 11) is 3.82. The van der Waals surface area contributed by atoms with E-state index in [9.17, 15) is 0 Å². The monoisotopic (exact) mass is 234 g/mol. The second-order valence-electron chi connectivity index (χ2n) is 3.68. The Morgan fingerprint density at radius 1 is 0.714 bits per heavy atom. The molecule has 0 bridgehead atoms. The first-order chi connectivity index (χ1) is 6.95. The maximum absolute atomic E-state index is 5.31. The molecule has 0 amide bonds. The first-order valence-corrected chi connectivity index (χ1v) is 7.44. The van der Waals surface area contributed by atoms with E-state index in [1.165, 1.54) is 32.4 Å². The third kappa shape index (κ3) is 3.62. The molecule has 2 heterocycles. The lowest BCUT2D eigenvalue weighted by molar-refractivity contribution is 0.0779. The topological polar surface area (TPSA) is 15.7 Å². The summed E-state index contributed by atoms with van der Waals surface area (Å²) in [6, 6.07) is 0. The second-order valence-corrected chi connectivity index (χ2v) is 5.91. The van der Waals surface area contributed by atoms with Crippen molar-refractivity contribution in [2.24, 2.45) is 0 Å². The van der Waals surface area contributed by atoms with Gasteiger partial charge in [-0.2, -0.15) is 0 Å². The summed E-state index contributed by atoms with van der Waals surface area (Å²) in [5.74, 6) is 0. The Kier molecular flexibility index (Phi) is 4.93. The van der Waals surface area contributed by atoms with Crippen molar-refractivity contribution in [3.8, 4) is 0 Å². The van der Waals surface area contributed by atoms with Gasteiger partial charge in [0, 0.05) is 48.1 Å². The molecule has 2 aliphatic heterocycles. The molecule has 0 unspecified atom stereocenters. The van der Waals surface area contributed by atoms with E-state index >= 15 is 0 Å². The molecule has 82 valence electrons. The van der Waals surface area contributed by atoms with Crippen LogP contribution >= 0.6 is 22.0 Å². The quantitative estimate of drug-likeness (QED) is 0.547. The number of ether oxygens (including phenoxy) is 1. The van der Waals surface area contributed by atoms with Crippen LogP contribution in [0.25, 0.3) is 0 Å². The average Bonchev–Trinajstić information content (AvgIpc) is 2.29. The lowest BCUT2D eigenvalue weighted by Crippen LogP contribution is -2.31. The summed E-state index contributed by atoms with van der Waals surface area (Å²) in [5.41, 5.74) is 0. The smallest absolute Gasteiger partial charge is 0.0603 e. The van der Waals surface area contributed by atoms with Gasteiger partial charge in [-0.25, -0.2) is 8.61 Å². The summed E-state index contributed by atoms with van der Waals surface area (Å²) in [5, 5.41) is 0. The molecule has 0 radical (unpaired) electrons. The van der Waals surface area contributed by atoms with Crippen molar-refractivity contribution in [3.05, 3.63) is 0 Å². The molecule has 0 N–H and O–H groups in total. The fourth-order valence-electron chi connectivity index (χ4n) is 1.65. The van der Waals surface area contributed by atoms with Gasteiger partial charge in [0.25, 0.3) is 0 Å². The normalized spacial score (nSPS) is 26.6. The molecule has 0 saturated carbocycles. The summed E-state index contributed by atoms with van der Waals surface area (Å²) >= 11 is 0. The molecule has 3 nitrogen and oxygen atoms in total. The highest BCUT2D eigenvalue weighted by Crippen LogP contribution is 2.32. The molecule has 5 heteroatoms. The van der Waals surface area contributed by atoms with Crippen molar-refractivity contribution in [3.63, 3.8) is 0 Å². The second kappa shape index (κ2) is 6.23. The van der Waals surface area contributed by atoms with Crippen molar-refractivity contribution < 1.29 is 4.74 Å². The molecule has 2 fully saturated rings. The minimum absolute atomic E-state index is 0.896. The summed E-state index contributed by atoms with van der Waals surface area (Å²) in [4.78, 5) is 0. The van der Waals surface area contributed by atoms with E-state index < -0.39 is 0 Å². The molecule has 0 aromatic carbocycles. The van der Waals surface area contributed by atoms with Gasteiger partial charge in [0.2, 0.25) is 0 Å². The Morgan fingerprint density at radius 2 is 1.29 bits per heavy atom. The summed E-state index contributed by atoms with van der Waals surface area (Å²) in [6.45, 7) is 6.47. The number of rotatable bonds is 3. The Labute approximate surface area is 94.2 Å². The molecule has 0 aliphatic carbocycles.